The van der Waals surface area contributed by atoms with E-state index in [1.165, 1.54) is 11.1 Å². The maximum Gasteiger partial charge on any atom is 0.122 e. The highest BCUT2D eigenvalue weighted by molar-refractivity contribution is 9.10. The summed E-state index contributed by atoms with van der Waals surface area (Å²) in [5, 5.41) is 7.41. The number of nitrogen functional groups attached to an aromatic ring is 1. The van der Waals surface area contributed by atoms with Crippen LogP contribution in [0.15, 0.2) is 51.8 Å². The summed E-state index contributed by atoms with van der Waals surface area (Å²) in [6.45, 7) is 2.10. The summed E-state index contributed by atoms with van der Waals surface area (Å²) >= 11 is 5.30. The SMILES string of the molecule is Cc1cccc(CSc2ccc(C(=N)N)cc2Br)c1. The lowest BCUT2D eigenvalue weighted by Gasteiger charge is -2.07. The smallest absolute Gasteiger partial charge is 0.122 e. The molecule has 0 aromatic heterocycles. The van der Waals surface area contributed by atoms with Crippen molar-refractivity contribution in [2.45, 2.75) is 17.6 Å². The van der Waals surface area contributed by atoms with Gasteiger partial charge in [-0.15, -0.1) is 11.8 Å². The van der Waals surface area contributed by atoms with E-state index in [0.29, 0.717) is 0 Å². The second kappa shape index (κ2) is 6.26. The molecule has 0 heterocycles. The van der Waals surface area contributed by atoms with Crippen LogP contribution in [0.4, 0.5) is 0 Å². The molecule has 0 fully saturated rings. The van der Waals surface area contributed by atoms with Gasteiger partial charge in [-0.25, -0.2) is 0 Å². The lowest BCUT2D eigenvalue weighted by molar-refractivity contribution is 1.32. The monoisotopic (exact) mass is 334 g/mol. The van der Waals surface area contributed by atoms with Crippen molar-refractivity contribution in [1.82, 2.24) is 0 Å². The Kier molecular flexibility index (Phi) is 4.66. The lowest BCUT2D eigenvalue weighted by Crippen LogP contribution is -2.10. The van der Waals surface area contributed by atoms with Crippen molar-refractivity contribution in [3.63, 3.8) is 0 Å². The van der Waals surface area contributed by atoms with E-state index in [1.807, 2.05) is 18.2 Å². The van der Waals surface area contributed by atoms with E-state index in [4.69, 9.17) is 11.1 Å². The minimum atomic E-state index is 0.0935. The predicted molar refractivity (Wildman–Crippen MR) is 85.9 cm³/mol. The van der Waals surface area contributed by atoms with E-state index in [0.717, 1.165) is 20.7 Å². The first kappa shape index (κ1) is 14.2. The van der Waals surface area contributed by atoms with Gasteiger partial charge in [-0.1, -0.05) is 35.9 Å². The van der Waals surface area contributed by atoms with Gasteiger partial charge in [0.2, 0.25) is 0 Å². The van der Waals surface area contributed by atoms with Gasteiger partial charge < -0.3 is 5.73 Å². The number of amidine groups is 1. The van der Waals surface area contributed by atoms with Crippen LogP contribution in [0.5, 0.6) is 0 Å². The van der Waals surface area contributed by atoms with Crippen LogP contribution in [-0.2, 0) is 5.75 Å². The average Bonchev–Trinajstić information content (AvgIpc) is 2.37. The molecule has 98 valence electrons. The minimum Gasteiger partial charge on any atom is -0.384 e. The van der Waals surface area contributed by atoms with E-state index in [9.17, 15) is 0 Å². The molecule has 2 nitrogen and oxygen atoms in total. The number of hydrogen-bond donors (Lipinski definition) is 2. The Bertz CT molecular complexity index is 611. The highest BCUT2D eigenvalue weighted by Gasteiger charge is 2.04. The normalized spacial score (nSPS) is 10.4. The van der Waals surface area contributed by atoms with Crippen LogP contribution >= 0.6 is 27.7 Å². The molecule has 3 N–H and O–H groups in total. The molecular weight excluding hydrogens is 320 g/mol. The molecule has 0 aliphatic heterocycles. The third kappa shape index (κ3) is 3.85. The zero-order valence-electron chi connectivity index (χ0n) is 10.6. The number of thioether (sulfide) groups is 1. The Morgan fingerprint density at radius 3 is 2.68 bits per heavy atom. The van der Waals surface area contributed by atoms with Crippen molar-refractivity contribution in [3.05, 3.63) is 63.6 Å². The first-order valence-electron chi connectivity index (χ1n) is 5.88. The van der Waals surface area contributed by atoms with E-state index < -0.39 is 0 Å². The average molecular weight is 335 g/mol. The van der Waals surface area contributed by atoms with E-state index in [2.05, 4.69) is 47.1 Å². The van der Waals surface area contributed by atoms with Gasteiger partial charge in [0.25, 0.3) is 0 Å². The molecule has 0 unspecified atom stereocenters. The summed E-state index contributed by atoms with van der Waals surface area (Å²) in [4.78, 5) is 1.16. The van der Waals surface area contributed by atoms with Crippen LogP contribution in [0.25, 0.3) is 0 Å². The van der Waals surface area contributed by atoms with Crippen molar-refractivity contribution in [2.24, 2.45) is 5.73 Å². The second-order valence-electron chi connectivity index (χ2n) is 4.34. The fourth-order valence-corrected chi connectivity index (χ4v) is 3.33. The zero-order chi connectivity index (χ0) is 13.8. The van der Waals surface area contributed by atoms with Gasteiger partial charge >= 0.3 is 0 Å². The Hall–Kier alpha value is -1.26. The molecule has 0 aliphatic carbocycles. The van der Waals surface area contributed by atoms with Crippen molar-refractivity contribution in [1.29, 1.82) is 5.41 Å². The zero-order valence-corrected chi connectivity index (χ0v) is 13.0. The molecule has 0 saturated heterocycles. The molecule has 0 bridgehead atoms. The number of halogens is 1. The maximum atomic E-state index is 7.41. The van der Waals surface area contributed by atoms with Crippen molar-refractivity contribution >= 4 is 33.5 Å². The molecule has 0 spiro atoms. The molecule has 0 radical (unpaired) electrons. The molecule has 0 saturated carbocycles. The number of benzene rings is 2. The van der Waals surface area contributed by atoms with Gasteiger partial charge in [-0.05, 0) is 40.5 Å². The summed E-state index contributed by atoms with van der Waals surface area (Å²) < 4.78 is 0.984. The Labute approximate surface area is 126 Å². The summed E-state index contributed by atoms with van der Waals surface area (Å²) in [7, 11) is 0. The van der Waals surface area contributed by atoms with Gasteiger partial charge in [0, 0.05) is 20.7 Å². The van der Waals surface area contributed by atoms with Crippen molar-refractivity contribution in [2.75, 3.05) is 0 Å². The number of aryl methyl sites for hydroxylation is 1. The highest BCUT2D eigenvalue weighted by Crippen LogP contribution is 2.30. The molecule has 2 aromatic carbocycles. The van der Waals surface area contributed by atoms with E-state index >= 15 is 0 Å². The molecule has 0 aliphatic rings. The van der Waals surface area contributed by atoms with Crippen LogP contribution in [-0.4, -0.2) is 5.84 Å². The third-order valence-electron chi connectivity index (χ3n) is 2.72. The Morgan fingerprint density at radius 2 is 2.05 bits per heavy atom. The summed E-state index contributed by atoms with van der Waals surface area (Å²) in [5.74, 6) is 1.02. The quantitative estimate of drug-likeness (QED) is 0.496. The summed E-state index contributed by atoms with van der Waals surface area (Å²) in [5.41, 5.74) is 8.81. The third-order valence-corrected chi connectivity index (χ3v) is 4.78. The van der Waals surface area contributed by atoms with Crippen LogP contribution in [0.3, 0.4) is 0 Å². The molecule has 2 aromatic rings. The second-order valence-corrected chi connectivity index (χ2v) is 6.21. The summed E-state index contributed by atoms with van der Waals surface area (Å²) in [6, 6.07) is 14.3. The van der Waals surface area contributed by atoms with E-state index in [1.54, 1.807) is 11.8 Å². The van der Waals surface area contributed by atoms with Crippen LogP contribution in [0.2, 0.25) is 0 Å². The van der Waals surface area contributed by atoms with Crippen LogP contribution in [0.1, 0.15) is 16.7 Å². The van der Waals surface area contributed by atoms with E-state index in [-0.39, 0.29) is 5.84 Å². The van der Waals surface area contributed by atoms with Gasteiger partial charge in [-0.2, -0.15) is 0 Å². The molecular formula is C15H15BrN2S. The topological polar surface area (TPSA) is 49.9 Å². The van der Waals surface area contributed by atoms with Gasteiger partial charge in [0.05, 0.1) is 0 Å². The first-order valence-corrected chi connectivity index (χ1v) is 7.66. The van der Waals surface area contributed by atoms with Crippen molar-refractivity contribution in [3.8, 4) is 0 Å². The predicted octanol–water partition coefficient (Wildman–Crippen LogP) is 4.33. The number of nitrogens with one attached hydrogen (secondary N) is 1. The fraction of sp³-hybridized carbons (Fsp3) is 0.133. The number of hydrogen-bond acceptors (Lipinski definition) is 2. The lowest BCUT2D eigenvalue weighted by atomic mass is 10.2. The van der Waals surface area contributed by atoms with Crippen LogP contribution < -0.4 is 5.73 Å². The Balaban J connectivity index is 2.10. The number of rotatable bonds is 4. The minimum absolute atomic E-state index is 0.0935. The van der Waals surface area contributed by atoms with Gasteiger partial charge in [0.15, 0.2) is 0 Å². The molecule has 0 atom stereocenters. The fourth-order valence-electron chi connectivity index (χ4n) is 1.75. The largest absolute Gasteiger partial charge is 0.384 e. The number of nitrogens with two attached hydrogens (primary N) is 1. The first-order chi connectivity index (χ1) is 9.06. The van der Waals surface area contributed by atoms with Gasteiger partial charge in [0.1, 0.15) is 5.84 Å². The van der Waals surface area contributed by atoms with Gasteiger partial charge in [-0.3, -0.25) is 5.41 Å². The molecule has 4 heteroatoms. The molecule has 0 amide bonds. The summed E-state index contributed by atoms with van der Waals surface area (Å²) in [6.07, 6.45) is 0. The maximum absolute atomic E-state index is 7.41. The highest BCUT2D eigenvalue weighted by atomic mass is 79.9. The van der Waals surface area contributed by atoms with Crippen LogP contribution in [0, 0.1) is 12.3 Å². The molecule has 19 heavy (non-hydrogen) atoms. The Morgan fingerprint density at radius 1 is 1.26 bits per heavy atom. The van der Waals surface area contributed by atoms with Crippen molar-refractivity contribution < 1.29 is 0 Å². The molecule has 2 rings (SSSR count). The standard InChI is InChI=1S/C15H15BrN2S/c1-10-3-2-4-11(7-10)9-19-14-6-5-12(15(17)18)8-13(14)16/h2-8H,9H2,1H3,(H3,17,18).